The molecule has 4 rings (SSSR count). The maximum Gasteiger partial charge on any atom is 0.352 e. The number of carbonyl (C=O) groups excluding carboxylic acids is 2. The monoisotopic (exact) mass is 739 g/mol. The molecule has 1 aromatic heterocycles. The number of hydrogen-bond acceptors (Lipinski definition) is 11. The Bertz CT molecular complexity index is 1840. The maximum absolute atomic E-state index is 14.5. The predicted octanol–water partition coefficient (Wildman–Crippen LogP) is 7.20. The Balaban J connectivity index is 1.53. The van der Waals surface area contributed by atoms with E-state index in [0.717, 1.165) is 29.5 Å². The molecule has 0 aliphatic carbocycles. The third-order valence-corrected chi connectivity index (χ3v) is 11.2. The van der Waals surface area contributed by atoms with Gasteiger partial charge in [0.25, 0.3) is 5.69 Å². The van der Waals surface area contributed by atoms with Gasteiger partial charge in [0, 0.05) is 41.5 Å². The first-order valence-corrected chi connectivity index (χ1v) is 18.3. The molecule has 1 atom stereocenters. The van der Waals surface area contributed by atoms with Crippen LogP contribution >= 0.6 is 22.9 Å². The number of anilines is 1. The molecule has 2 heterocycles. The van der Waals surface area contributed by atoms with Crippen molar-refractivity contribution in [2.45, 2.75) is 77.3 Å². The van der Waals surface area contributed by atoms with E-state index in [0.29, 0.717) is 29.0 Å². The average Bonchev–Trinajstić information content (AvgIpc) is 3.31. The van der Waals surface area contributed by atoms with Crippen LogP contribution in [0.3, 0.4) is 0 Å². The number of halogens is 2. The Labute approximate surface area is 293 Å². The van der Waals surface area contributed by atoms with Crippen LogP contribution in [0.1, 0.15) is 69.6 Å². The summed E-state index contributed by atoms with van der Waals surface area (Å²) >= 11 is 7.82. The number of ether oxygens (including phenoxy) is 3. The lowest BCUT2D eigenvalue weighted by molar-refractivity contribution is -0.385. The van der Waals surface area contributed by atoms with Gasteiger partial charge >= 0.3 is 11.9 Å². The fraction of sp³-hybridized carbons (Fsp3) is 0.455. The molecule has 49 heavy (non-hydrogen) atoms. The molecule has 0 spiro atoms. The molecule has 0 radical (unpaired) electrons. The number of esters is 2. The zero-order chi connectivity index (χ0) is 36.3. The van der Waals surface area contributed by atoms with Crippen molar-refractivity contribution in [2.24, 2.45) is 0 Å². The highest BCUT2D eigenvalue weighted by atomic mass is 35.5. The lowest BCUT2D eigenvalue weighted by Gasteiger charge is -2.45. The van der Waals surface area contributed by atoms with Crippen LogP contribution in [0.4, 0.5) is 15.8 Å². The number of non-ortho nitro benzene ring substituents is 1. The average molecular weight is 740 g/mol. The summed E-state index contributed by atoms with van der Waals surface area (Å²) < 4.78 is 58.9. The van der Waals surface area contributed by atoms with Gasteiger partial charge in [-0.1, -0.05) is 23.7 Å². The van der Waals surface area contributed by atoms with E-state index in [2.05, 4.69) is 5.32 Å². The van der Waals surface area contributed by atoms with Crippen LogP contribution in [0.25, 0.3) is 10.4 Å². The second kappa shape index (κ2) is 15.0. The van der Waals surface area contributed by atoms with E-state index in [9.17, 15) is 32.5 Å². The molecule has 3 aromatic rings. The van der Waals surface area contributed by atoms with E-state index in [4.69, 9.17) is 25.8 Å². The lowest BCUT2D eigenvalue weighted by Crippen LogP contribution is -2.55. The summed E-state index contributed by atoms with van der Waals surface area (Å²) in [7, 11) is -4.04. The summed E-state index contributed by atoms with van der Waals surface area (Å²) in [6.07, 6.45) is 0.834. The van der Waals surface area contributed by atoms with E-state index >= 15 is 0 Å². The Hall–Kier alpha value is -3.79. The number of thiophene rings is 1. The second-order valence-electron chi connectivity index (χ2n) is 13.1. The number of piperidine rings is 1. The van der Waals surface area contributed by atoms with Crippen molar-refractivity contribution < 1.29 is 41.5 Å². The van der Waals surface area contributed by atoms with Crippen molar-refractivity contribution >= 4 is 56.3 Å². The third-order valence-electron chi connectivity index (χ3n) is 7.54. The summed E-state index contributed by atoms with van der Waals surface area (Å²) in [4.78, 5) is 36.2. The standard InChI is InChI=1S/C33H39ClFN3O9S2/c1-7-45-26(39)18-46-28-27(34)29(48-30(28)31(40)47-32(2,3)4)20-9-8-10-22(15-20)36-23-13-14-37(33(5,6)17-23)49(43,44)19-21-16-24(38(41)42)11-12-25(21)35/h8-12,15-16,23,36H,7,13-14,17-19H2,1-6H3. The van der Waals surface area contributed by atoms with Crippen LogP contribution in [-0.2, 0) is 30.0 Å². The molecule has 2 aromatic carbocycles. The molecule has 1 aliphatic rings. The van der Waals surface area contributed by atoms with Gasteiger partial charge in [-0.15, -0.1) is 11.3 Å². The van der Waals surface area contributed by atoms with Gasteiger partial charge in [-0.05, 0) is 78.1 Å². The first kappa shape index (κ1) is 38.0. The number of nitrogens with one attached hydrogen (secondary N) is 1. The zero-order valence-electron chi connectivity index (χ0n) is 28.0. The van der Waals surface area contributed by atoms with Crippen LogP contribution in [0, 0.1) is 15.9 Å². The van der Waals surface area contributed by atoms with E-state index in [1.54, 1.807) is 47.6 Å². The SMILES string of the molecule is CCOC(=O)COc1c(C(=O)OC(C)(C)C)sc(-c2cccc(NC3CCN(S(=O)(=O)Cc4cc([N+](=O)[O-])ccc4F)C(C)(C)C3)c2)c1Cl. The smallest absolute Gasteiger partial charge is 0.352 e. The van der Waals surface area contributed by atoms with Crippen molar-refractivity contribution in [3.8, 4) is 16.2 Å². The zero-order valence-corrected chi connectivity index (χ0v) is 30.4. The highest BCUT2D eigenvalue weighted by Crippen LogP contribution is 2.46. The Morgan fingerprint density at radius 3 is 2.55 bits per heavy atom. The quantitative estimate of drug-likeness (QED) is 0.115. The molecule has 1 N–H and O–H groups in total. The lowest BCUT2D eigenvalue weighted by atomic mass is 9.89. The van der Waals surface area contributed by atoms with Gasteiger partial charge in [-0.3, -0.25) is 10.1 Å². The van der Waals surface area contributed by atoms with Crippen LogP contribution in [-0.4, -0.2) is 66.5 Å². The van der Waals surface area contributed by atoms with Crippen molar-refractivity contribution in [3.05, 3.63) is 73.9 Å². The summed E-state index contributed by atoms with van der Waals surface area (Å²) in [5.74, 6) is -2.79. The van der Waals surface area contributed by atoms with E-state index in [1.165, 1.54) is 4.31 Å². The molecule has 1 aliphatic heterocycles. The number of sulfonamides is 1. The summed E-state index contributed by atoms with van der Waals surface area (Å²) in [6.45, 7) is 10.3. The van der Waals surface area contributed by atoms with Crippen molar-refractivity contribution in [1.29, 1.82) is 0 Å². The minimum atomic E-state index is -4.04. The van der Waals surface area contributed by atoms with Crippen LogP contribution < -0.4 is 10.1 Å². The minimum Gasteiger partial charge on any atom is -0.479 e. The summed E-state index contributed by atoms with van der Waals surface area (Å²) in [6, 6.07) is 10.00. The first-order chi connectivity index (χ1) is 22.8. The molecule has 0 amide bonds. The molecule has 1 fully saturated rings. The normalized spacial score (nSPS) is 16.5. The van der Waals surface area contributed by atoms with Gasteiger partial charge in [0.1, 0.15) is 16.4 Å². The fourth-order valence-corrected chi connectivity index (χ4v) is 8.99. The maximum atomic E-state index is 14.5. The number of carbonyl (C=O) groups is 2. The van der Waals surface area contributed by atoms with Crippen molar-refractivity contribution in [1.82, 2.24) is 4.31 Å². The van der Waals surface area contributed by atoms with Gasteiger partial charge in [0.05, 0.1) is 22.2 Å². The van der Waals surface area contributed by atoms with Gasteiger partial charge in [0.15, 0.2) is 17.2 Å². The van der Waals surface area contributed by atoms with Crippen LogP contribution in [0.15, 0.2) is 42.5 Å². The minimum absolute atomic E-state index is 0.0163. The number of benzene rings is 2. The second-order valence-corrected chi connectivity index (χ2v) is 16.4. The summed E-state index contributed by atoms with van der Waals surface area (Å²) in [5, 5.41) is 14.8. The van der Waals surface area contributed by atoms with E-state index in [-0.39, 0.29) is 46.1 Å². The largest absolute Gasteiger partial charge is 0.479 e. The number of nitrogens with zero attached hydrogens (tertiary/aromatic N) is 2. The van der Waals surface area contributed by atoms with Crippen molar-refractivity contribution in [2.75, 3.05) is 25.1 Å². The molecule has 12 nitrogen and oxygen atoms in total. The molecule has 16 heteroatoms. The Morgan fingerprint density at radius 2 is 1.92 bits per heavy atom. The van der Waals surface area contributed by atoms with E-state index < -0.39 is 56.2 Å². The Kier molecular flexibility index (Phi) is 11.6. The highest BCUT2D eigenvalue weighted by Gasteiger charge is 2.42. The van der Waals surface area contributed by atoms with Crippen molar-refractivity contribution in [3.63, 3.8) is 0 Å². The van der Waals surface area contributed by atoms with Gasteiger partial charge in [-0.25, -0.2) is 22.4 Å². The molecular formula is C33H39ClFN3O9S2. The third kappa shape index (κ3) is 9.47. The topological polar surface area (TPSA) is 154 Å². The highest BCUT2D eigenvalue weighted by molar-refractivity contribution is 7.88. The predicted molar refractivity (Wildman–Crippen MR) is 185 cm³/mol. The van der Waals surface area contributed by atoms with Gasteiger partial charge in [-0.2, -0.15) is 4.31 Å². The van der Waals surface area contributed by atoms with Crippen LogP contribution in [0.2, 0.25) is 5.02 Å². The number of hydrogen-bond donors (Lipinski definition) is 1. The number of nitro benzene ring substituents is 1. The molecule has 0 bridgehead atoms. The first-order valence-electron chi connectivity index (χ1n) is 15.5. The molecule has 266 valence electrons. The van der Waals surface area contributed by atoms with Gasteiger partial charge < -0.3 is 19.5 Å². The fourth-order valence-electron chi connectivity index (χ4n) is 5.57. The number of rotatable bonds is 12. The van der Waals surface area contributed by atoms with Crippen LogP contribution in [0.5, 0.6) is 5.75 Å². The molecule has 1 saturated heterocycles. The summed E-state index contributed by atoms with van der Waals surface area (Å²) in [5.41, 5.74) is -0.940. The number of nitro groups is 1. The Morgan fingerprint density at radius 1 is 1.20 bits per heavy atom. The molecular weight excluding hydrogens is 701 g/mol. The van der Waals surface area contributed by atoms with Gasteiger partial charge in [0.2, 0.25) is 10.0 Å². The van der Waals surface area contributed by atoms with E-state index in [1.807, 2.05) is 18.2 Å². The molecule has 1 unspecified atom stereocenters. The molecule has 0 saturated carbocycles.